The smallest absolute Gasteiger partial charge is 0.360 e. The van der Waals surface area contributed by atoms with E-state index < -0.39 is 5.97 Å². The molecule has 0 spiro atoms. The van der Waals surface area contributed by atoms with Gasteiger partial charge in [-0.2, -0.15) is 0 Å². The van der Waals surface area contributed by atoms with Crippen molar-refractivity contribution in [2.45, 2.75) is 20.4 Å². The molecule has 0 bridgehead atoms. The molecule has 0 aromatic carbocycles. The number of nitrogens with two attached hydrogens (primary N) is 1. The van der Waals surface area contributed by atoms with Gasteiger partial charge in [-0.05, 0) is 26.0 Å². The molecule has 2 rings (SSSR count). The number of esters is 1. The number of anilines is 1. The Morgan fingerprint density at radius 3 is 3.00 bits per heavy atom. The topological polar surface area (TPSA) is 83.3 Å². The number of ether oxygens (including phenoxy) is 1. The summed E-state index contributed by atoms with van der Waals surface area (Å²) in [7, 11) is 0. The molecule has 18 heavy (non-hydrogen) atoms. The lowest BCUT2D eigenvalue weighted by Gasteiger charge is -2.05. The van der Waals surface area contributed by atoms with Crippen LogP contribution >= 0.6 is 0 Å². The first-order chi connectivity index (χ1) is 8.63. The van der Waals surface area contributed by atoms with Gasteiger partial charge in [0.2, 0.25) is 0 Å². The zero-order valence-electron chi connectivity index (χ0n) is 10.3. The first-order valence-electron chi connectivity index (χ1n) is 5.65. The maximum atomic E-state index is 11.6. The van der Waals surface area contributed by atoms with Crippen LogP contribution in [-0.4, -0.2) is 22.1 Å². The van der Waals surface area contributed by atoms with E-state index in [2.05, 4.69) is 4.98 Å². The summed E-state index contributed by atoms with van der Waals surface area (Å²) in [4.78, 5) is 15.8. The van der Waals surface area contributed by atoms with Gasteiger partial charge in [-0.3, -0.25) is 0 Å². The second-order valence-electron chi connectivity index (χ2n) is 3.78. The lowest BCUT2D eigenvalue weighted by Crippen LogP contribution is -2.10. The Morgan fingerprint density at radius 2 is 2.39 bits per heavy atom. The number of carbonyl (C=O) groups is 1. The first kappa shape index (κ1) is 12.2. The van der Waals surface area contributed by atoms with Crippen molar-refractivity contribution in [1.82, 2.24) is 9.55 Å². The second kappa shape index (κ2) is 4.95. The van der Waals surface area contributed by atoms with Crippen molar-refractivity contribution >= 4 is 11.8 Å². The summed E-state index contributed by atoms with van der Waals surface area (Å²) < 4.78 is 11.9. The van der Waals surface area contributed by atoms with Gasteiger partial charge in [0.15, 0.2) is 5.69 Å². The van der Waals surface area contributed by atoms with Gasteiger partial charge in [-0.15, -0.1) is 0 Å². The second-order valence-corrected chi connectivity index (χ2v) is 3.78. The molecular formula is C12H15N3O3. The number of hydrogen-bond acceptors (Lipinski definition) is 5. The molecule has 2 heterocycles. The highest BCUT2D eigenvalue weighted by Gasteiger charge is 2.20. The Hall–Kier alpha value is -2.24. The molecule has 2 aromatic heterocycles. The van der Waals surface area contributed by atoms with Gasteiger partial charge in [0.25, 0.3) is 0 Å². The van der Waals surface area contributed by atoms with E-state index >= 15 is 0 Å². The quantitative estimate of drug-likeness (QED) is 0.832. The van der Waals surface area contributed by atoms with Crippen LogP contribution < -0.4 is 5.73 Å². The number of carbonyl (C=O) groups excluding carboxylic acids is 1. The van der Waals surface area contributed by atoms with Crippen molar-refractivity contribution in [3.8, 4) is 0 Å². The molecule has 0 amide bonds. The standard InChI is InChI=1S/C12H15N3O3/c1-3-17-12(16)10-11(13)15(8(2)14-10)7-9-5-4-6-18-9/h4-6H,3,7,13H2,1-2H3. The third kappa shape index (κ3) is 2.22. The largest absolute Gasteiger partial charge is 0.467 e. The van der Waals surface area contributed by atoms with Crippen molar-refractivity contribution in [3.63, 3.8) is 0 Å². The first-order valence-corrected chi connectivity index (χ1v) is 5.65. The number of nitrogen functional groups attached to an aromatic ring is 1. The van der Waals surface area contributed by atoms with E-state index in [1.807, 2.05) is 6.07 Å². The van der Waals surface area contributed by atoms with Crippen molar-refractivity contribution in [3.05, 3.63) is 35.7 Å². The van der Waals surface area contributed by atoms with Crippen LogP contribution in [0.25, 0.3) is 0 Å². The fraction of sp³-hybridized carbons (Fsp3) is 0.333. The van der Waals surface area contributed by atoms with Crippen LogP contribution in [0.4, 0.5) is 5.82 Å². The van der Waals surface area contributed by atoms with E-state index in [4.69, 9.17) is 14.9 Å². The van der Waals surface area contributed by atoms with Crippen LogP contribution in [0.2, 0.25) is 0 Å². The predicted molar refractivity (Wildman–Crippen MR) is 65.1 cm³/mol. The minimum Gasteiger partial charge on any atom is -0.467 e. The van der Waals surface area contributed by atoms with Gasteiger partial charge in [-0.25, -0.2) is 9.78 Å². The Bertz CT molecular complexity index is 543. The van der Waals surface area contributed by atoms with Gasteiger partial charge >= 0.3 is 5.97 Å². The molecule has 0 fully saturated rings. The maximum Gasteiger partial charge on any atom is 0.360 e. The Balaban J connectivity index is 2.29. The Labute approximate surface area is 104 Å². The number of aromatic nitrogens is 2. The van der Waals surface area contributed by atoms with Crippen LogP contribution in [0.5, 0.6) is 0 Å². The van der Waals surface area contributed by atoms with Crippen molar-refractivity contribution in [2.75, 3.05) is 12.3 Å². The zero-order valence-corrected chi connectivity index (χ0v) is 10.3. The third-order valence-corrected chi connectivity index (χ3v) is 2.56. The van der Waals surface area contributed by atoms with E-state index in [0.717, 1.165) is 5.76 Å². The Kier molecular flexibility index (Phi) is 3.36. The summed E-state index contributed by atoms with van der Waals surface area (Å²) in [5.74, 6) is 1.18. The minimum atomic E-state index is -0.503. The van der Waals surface area contributed by atoms with Crippen molar-refractivity contribution in [2.24, 2.45) is 0 Å². The number of furan rings is 1. The average molecular weight is 249 g/mol. The molecule has 0 unspecified atom stereocenters. The molecule has 0 aliphatic carbocycles. The summed E-state index contributed by atoms with van der Waals surface area (Å²) in [6, 6.07) is 3.63. The molecule has 0 atom stereocenters. The van der Waals surface area contributed by atoms with Crippen LogP contribution in [0.3, 0.4) is 0 Å². The highest BCUT2D eigenvalue weighted by Crippen LogP contribution is 2.17. The van der Waals surface area contributed by atoms with Crippen molar-refractivity contribution in [1.29, 1.82) is 0 Å². The molecular weight excluding hydrogens is 234 g/mol. The molecule has 6 nitrogen and oxygen atoms in total. The minimum absolute atomic E-state index is 0.154. The monoisotopic (exact) mass is 249 g/mol. The van der Waals surface area contributed by atoms with Crippen molar-refractivity contribution < 1.29 is 13.9 Å². The van der Waals surface area contributed by atoms with E-state index in [9.17, 15) is 4.79 Å². The molecule has 0 aliphatic rings. The summed E-state index contributed by atoms with van der Waals surface area (Å²) >= 11 is 0. The number of rotatable bonds is 4. The van der Waals surface area contributed by atoms with Crippen LogP contribution in [0, 0.1) is 6.92 Å². The van der Waals surface area contributed by atoms with Crippen LogP contribution in [-0.2, 0) is 11.3 Å². The number of hydrogen-bond donors (Lipinski definition) is 1. The predicted octanol–water partition coefficient (Wildman–Crippen LogP) is 1.59. The molecule has 2 aromatic rings. The van der Waals surface area contributed by atoms with Gasteiger partial charge in [0, 0.05) is 0 Å². The lowest BCUT2D eigenvalue weighted by molar-refractivity contribution is 0.0521. The van der Waals surface area contributed by atoms with Gasteiger partial charge in [0.1, 0.15) is 17.4 Å². The normalized spacial score (nSPS) is 10.6. The average Bonchev–Trinajstić information content (AvgIpc) is 2.93. The highest BCUT2D eigenvalue weighted by molar-refractivity contribution is 5.92. The number of aryl methyl sites for hydroxylation is 1. The van der Waals surface area contributed by atoms with Gasteiger partial charge < -0.3 is 19.5 Å². The molecule has 6 heteroatoms. The van der Waals surface area contributed by atoms with E-state index in [1.165, 1.54) is 0 Å². The van der Waals surface area contributed by atoms with E-state index in [1.54, 1.807) is 30.7 Å². The third-order valence-electron chi connectivity index (χ3n) is 2.56. The van der Waals surface area contributed by atoms with E-state index in [-0.39, 0.29) is 5.69 Å². The molecule has 0 saturated carbocycles. The fourth-order valence-electron chi connectivity index (χ4n) is 1.69. The SMILES string of the molecule is CCOC(=O)c1nc(C)n(Cc2ccco2)c1N. The fourth-order valence-corrected chi connectivity index (χ4v) is 1.69. The lowest BCUT2D eigenvalue weighted by atomic mass is 10.4. The van der Waals surface area contributed by atoms with Gasteiger partial charge in [0.05, 0.1) is 19.4 Å². The Morgan fingerprint density at radius 1 is 1.61 bits per heavy atom. The molecule has 0 aliphatic heterocycles. The molecule has 96 valence electrons. The number of imidazole rings is 1. The molecule has 0 radical (unpaired) electrons. The number of nitrogens with zero attached hydrogens (tertiary/aromatic N) is 2. The summed E-state index contributed by atoms with van der Waals surface area (Å²) in [5, 5.41) is 0. The van der Waals surface area contributed by atoms with Gasteiger partial charge in [-0.1, -0.05) is 0 Å². The highest BCUT2D eigenvalue weighted by atomic mass is 16.5. The molecule has 0 saturated heterocycles. The zero-order chi connectivity index (χ0) is 13.1. The van der Waals surface area contributed by atoms with Crippen LogP contribution in [0.1, 0.15) is 29.0 Å². The van der Waals surface area contributed by atoms with E-state index in [0.29, 0.717) is 24.8 Å². The molecule has 2 N–H and O–H groups in total. The summed E-state index contributed by atoms with van der Waals surface area (Å²) in [5.41, 5.74) is 6.06. The maximum absolute atomic E-state index is 11.6. The summed E-state index contributed by atoms with van der Waals surface area (Å²) in [6.07, 6.45) is 1.59. The van der Waals surface area contributed by atoms with Crippen LogP contribution in [0.15, 0.2) is 22.8 Å². The summed E-state index contributed by atoms with van der Waals surface area (Å²) in [6.45, 7) is 4.25.